The molecule has 0 aromatic heterocycles. The van der Waals surface area contributed by atoms with Crippen molar-refractivity contribution in [1.82, 2.24) is 5.32 Å². The van der Waals surface area contributed by atoms with Crippen LogP contribution in [0.4, 0.5) is 10.5 Å². The third-order valence-electron chi connectivity index (χ3n) is 5.77. The molecule has 5 heteroatoms. The number of anilines is 1. The van der Waals surface area contributed by atoms with E-state index in [1.807, 2.05) is 42.5 Å². The first-order valence-electron chi connectivity index (χ1n) is 12.1. The Hall–Kier alpha value is -3.47. The van der Waals surface area contributed by atoms with Crippen molar-refractivity contribution < 1.29 is 14.3 Å². The highest BCUT2D eigenvalue weighted by Crippen LogP contribution is 2.30. The number of hydrogen-bond acceptors (Lipinski definition) is 3. The molecule has 0 aliphatic heterocycles. The van der Waals surface area contributed by atoms with Gasteiger partial charge in [0.15, 0.2) is 0 Å². The Labute approximate surface area is 203 Å². The molecule has 0 saturated carbocycles. The van der Waals surface area contributed by atoms with Crippen molar-refractivity contribution in [3.05, 3.63) is 77.9 Å². The maximum Gasteiger partial charge on any atom is 0.321 e. The first kappa shape index (κ1) is 25.2. The zero-order valence-electron chi connectivity index (χ0n) is 20.8. The molecule has 0 radical (unpaired) electrons. The lowest BCUT2D eigenvalue weighted by atomic mass is 10.0. The number of urea groups is 1. The molecular weight excluding hydrogens is 424 g/mol. The number of benzene rings is 3. The molecule has 1 N–H and O–H groups in total. The average molecular weight is 461 g/mol. The van der Waals surface area contributed by atoms with Crippen molar-refractivity contribution in [3.63, 3.8) is 0 Å². The number of rotatable bonds is 11. The van der Waals surface area contributed by atoms with Gasteiger partial charge in [-0.1, -0.05) is 56.7 Å². The summed E-state index contributed by atoms with van der Waals surface area (Å²) in [6.45, 7) is 5.56. The Morgan fingerprint density at radius 1 is 0.912 bits per heavy atom. The standard InChI is InChI=1S/C29H36N2O3/c1-5-8-23-13-14-25(21-28(23)34-19-6-2)24-9-7-10-26(20-24)31(3)29(32)30-18-17-22-11-15-27(33-4)16-12-22/h7,9-16,20-21H,5-6,8,17-19H2,1-4H3,(H,30,32). The molecule has 3 rings (SSSR count). The van der Waals surface area contributed by atoms with Crippen LogP contribution in [-0.4, -0.2) is 33.3 Å². The molecule has 0 unspecified atom stereocenters. The van der Waals surface area contributed by atoms with Crippen LogP contribution in [0.1, 0.15) is 37.8 Å². The summed E-state index contributed by atoms with van der Waals surface area (Å²) in [4.78, 5) is 14.4. The predicted molar refractivity (Wildman–Crippen MR) is 140 cm³/mol. The van der Waals surface area contributed by atoms with E-state index in [9.17, 15) is 4.79 Å². The summed E-state index contributed by atoms with van der Waals surface area (Å²) in [5.41, 5.74) is 5.37. The van der Waals surface area contributed by atoms with Crippen LogP contribution in [0.3, 0.4) is 0 Å². The Bertz CT molecular complexity index is 1060. The summed E-state index contributed by atoms with van der Waals surface area (Å²) < 4.78 is 11.2. The molecule has 3 aromatic rings. The van der Waals surface area contributed by atoms with Gasteiger partial charge in [-0.15, -0.1) is 0 Å². The van der Waals surface area contributed by atoms with E-state index in [-0.39, 0.29) is 6.03 Å². The second-order valence-electron chi connectivity index (χ2n) is 8.36. The molecular formula is C29H36N2O3. The SMILES string of the molecule is CCCOc1cc(-c2cccc(N(C)C(=O)NCCc3ccc(OC)cc3)c2)ccc1CCC. The molecule has 0 aliphatic rings. The number of ether oxygens (including phenoxy) is 2. The summed E-state index contributed by atoms with van der Waals surface area (Å²) >= 11 is 0. The number of amides is 2. The van der Waals surface area contributed by atoms with Crippen molar-refractivity contribution in [2.45, 2.75) is 39.5 Å². The number of nitrogens with one attached hydrogen (secondary N) is 1. The van der Waals surface area contributed by atoms with Crippen LogP contribution in [0.5, 0.6) is 11.5 Å². The third kappa shape index (κ3) is 6.77. The summed E-state index contributed by atoms with van der Waals surface area (Å²) in [6.07, 6.45) is 3.81. The van der Waals surface area contributed by atoms with Gasteiger partial charge in [-0.2, -0.15) is 0 Å². The highest BCUT2D eigenvalue weighted by atomic mass is 16.5. The Morgan fingerprint density at radius 2 is 1.68 bits per heavy atom. The molecule has 0 fully saturated rings. The maximum absolute atomic E-state index is 12.7. The molecule has 0 spiro atoms. The Morgan fingerprint density at radius 3 is 2.38 bits per heavy atom. The Balaban J connectivity index is 1.66. The fourth-order valence-corrected chi connectivity index (χ4v) is 3.79. The first-order chi connectivity index (χ1) is 16.5. The summed E-state index contributed by atoms with van der Waals surface area (Å²) in [6, 6.07) is 22.2. The highest BCUT2D eigenvalue weighted by Gasteiger charge is 2.12. The van der Waals surface area contributed by atoms with Gasteiger partial charge >= 0.3 is 6.03 Å². The van der Waals surface area contributed by atoms with Crippen LogP contribution in [-0.2, 0) is 12.8 Å². The zero-order chi connectivity index (χ0) is 24.3. The number of hydrogen-bond donors (Lipinski definition) is 1. The second kappa shape index (κ2) is 12.7. The van der Waals surface area contributed by atoms with Gasteiger partial charge in [0.05, 0.1) is 13.7 Å². The summed E-state index contributed by atoms with van der Waals surface area (Å²) in [7, 11) is 3.45. The quantitative estimate of drug-likeness (QED) is 0.356. The van der Waals surface area contributed by atoms with Crippen molar-refractivity contribution >= 4 is 11.7 Å². The molecule has 0 aliphatic carbocycles. The molecule has 5 nitrogen and oxygen atoms in total. The third-order valence-corrected chi connectivity index (χ3v) is 5.77. The number of nitrogens with zero attached hydrogens (tertiary/aromatic N) is 1. The van der Waals surface area contributed by atoms with Crippen molar-refractivity contribution in [1.29, 1.82) is 0 Å². The number of carbonyl (C=O) groups is 1. The molecule has 0 heterocycles. The van der Waals surface area contributed by atoms with Gasteiger partial charge in [0, 0.05) is 19.3 Å². The van der Waals surface area contributed by atoms with Crippen LogP contribution >= 0.6 is 0 Å². The van der Waals surface area contributed by atoms with Crippen LogP contribution in [0.2, 0.25) is 0 Å². The fourth-order valence-electron chi connectivity index (χ4n) is 3.79. The minimum absolute atomic E-state index is 0.129. The van der Waals surface area contributed by atoms with Crippen LogP contribution in [0.15, 0.2) is 66.7 Å². The maximum atomic E-state index is 12.7. The number of methoxy groups -OCH3 is 1. The molecule has 3 aromatic carbocycles. The van der Waals surface area contributed by atoms with Crippen molar-refractivity contribution in [2.75, 3.05) is 32.2 Å². The van der Waals surface area contributed by atoms with Crippen LogP contribution in [0, 0.1) is 0 Å². The highest BCUT2D eigenvalue weighted by molar-refractivity contribution is 5.92. The van der Waals surface area contributed by atoms with E-state index in [4.69, 9.17) is 9.47 Å². The van der Waals surface area contributed by atoms with Crippen molar-refractivity contribution in [2.24, 2.45) is 0 Å². The lowest BCUT2D eigenvalue weighted by Gasteiger charge is -2.19. The van der Waals surface area contributed by atoms with Gasteiger partial charge in [0.25, 0.3) is 0 Å². The topological polar surface area (TPSA) is 50.8 Å². The van der Waals surface area contributed by atoms with Gasteiger partial charge in [0.1, 0.15) is 11.5 Å². The average Bonchev–Trinajstić information content (AvgIpc) is 2.88. The minimum Gasteiger partial charge on any atom is -0.497 e. The molecule has 180 valence electrons. The van der Waals surface area contributed by atoms with E-state index in [0.717, 1.165) is 59.6 Å². The molecule has 0 saturated heterocycles. The summed E-state index contributed by atoms with van der Waals surface area (Å²) in [5.74, 6) is 1.78. The van der Waals surface area contributed by atoms with Gasteiger partial charge in [-0.05, 0) is 71.8 Å². The smallest absolute Gasteiger partial charge is 0.321 e. The number of aryl methyl sites for hydroxylation is 1. The van der Waals surface area contributed by atoms with E-state index in [1.54, 1.807) is 19.1 Å². The van der Waals surface area contributed by atoms with E-state index < -0.39 is 0 Å². The molecule has 2 amide bonds. The minimum atomic E-state index is -0.129. The molecule has 34 heavy (non-hydrogen) atoms. The molecule has 0 atom stereocenters. The van der Waals surface area contributed by atoms with Crippen molar-refractivity contribution in [3.8, 4) is 22.6 Å². The lowest BCUT2D eigenvalue weighted by molar-refractivity contribution is 0.247. The van der Waals surface area contributed by atoms with E-state index >= 15 is 0 Å². The first-order valence-corrected chi connectivity index (χ1v) is 12.1. The number of carbonyl (C=O) groups excluding carboxylic acids is 1. The van der Waals surface area contributed by atoms with Crippen LogP contribution in [0.25, 0.3) is 11.1 Å². The summed E-state index contributed by atoms with van der Waals surface area (Å²) in [5, 5.41) is 3.01. The van der Waals surface area contributed by atoms with Gasteiger partial charge < -0.3 is 14.8 Å². The van der Waals surface area contributed by atoms with Gasteiger partial charge in [-0.3, -0.25) is 4.90 Å². The van der Waals surface area contributed by atoms with Crippen LogP contribution < -0.4 is 19.7 Å². The van der Waals surface area contributed by atoms with E-state index in [1.165, 1.54) is 5.56 Å². The normalized spacial score (nSPS) is 10.6. The van der Waals surface area contributed by atoms with E-state index in [0.29, 0.717) is 13.2 Å². The largest absolute Gasteiger partial charge is 0.497 e. The second-order valence-corrected chi connectivity index (χ2v) is 8.36. The predicted octanol–water partition coefficient (Wildman–Crippen LogP) is 6.49. The molecule has 0 bridgehead atoms. The van der Waals surface area contributed by atoms with E-state index in [2.05, 4.69) is 43.4 Å². The monoisotopic (exact) mass is 460 g/mol. The van der Waals surface area contributed by atoms with Gasteiger partial charge in [-0.25, -0.2) is 4.79 Å². The fraction of sp³-hybridized carbons (Fsp3) is 0.345. The van der Waals surface area contributed by atoms with Gasteiger partial charge in [0.2, 0.25) is 0 Å². The zero-order valence-corrected chi connectivity index (χ0v) is 20.8. The lowest BCUT2D eigenvalue weighted by Crippen LogP contribution is -2.38. The Kier molecular flexibility index (Phi) is 9.39.